The fraction of sp³-hybridized carbons (Fsp3) is 0.208. The molecule has 4 rings (SSSR count). The van der Waals surface area contributed by atoms with Crippen LogP contribution in [-0.2, 0) is 14.3 Å². The summed E-state index contributed by atoms with van der Waals surface area (Å²) in [5.74, 6) is -1.13. The zero-order valence-corrected chi connectivity index (χ0v) is 17.5. The molecule has 7 nitrogen and oxygen atoms in total. The number of esters is 1. The van der Waals surface area contributed by atoms with E-state index in [1.807, 2.05) is 24.3 Å². The number of methoxy groups -OCH3 is 1. The average Bonchev–Trinajstić information content (AvgIpc) is 2.77. The first-order chi connectivity index (χ1) is 14.8. The third kappa shape index (κ3) is 3.59. The molecule has 31 heavy (non-hydrogen) atoms. The molecule has 0 radical (unpaired) electrons. The van der Waals surface area contributed by atoms with Crippen LogP contribution in [0.25, 0.3) is 10.8 Å². The Labute approximate surface area is 179 Å². The predicted octanol–water partition coefficient (Wildman–Crippen LogP) is 3.77. The minimum atomic E-state index is -1.14. The number of hydrogen-bond donors (Lipinski definition) is 1. The molecule has 1 N–H and O–H groups in total. The standard InChI is InChI=1S/C24H22N2O5/c1-24(2)23(29)25-18-10-6-7-11-19(18)26(24)21(27)14-31-22(28)17-12-15-8-4-5-9-16(15)13-20(17)30-3/h4-13H,14H2,1-3H3,(H,25,29). The molecule has 2 amide bonds. The number of rotatable bonds is 4. The normalized spacial score (nSPS) is 14.5. The molecule has 0 bridgehead atoms. The minimum absolute atomic E-state index is 0.227. The van der Waals surface area contributed by atoms with Gasteiger partial charge in [0.1, 0.15) is 16.9 Å². The summed E-state index contributed by atoms with van der Waals surface area (Å²) in [7, 11) is 1.47. The fourth-order valence-electron chi connectivity index (χ4n) is 3.72. The maximum atomic E-state index is 13.1. The Balaban J connectivity index is 1.58. The zero-order valence-electron chi connectivity index (χ0n) is 17.5. The minimum Gasteiger partial charge on any atom is -0.496 e. The molecular weight excluding hydrogens is 396 g/mol. The molecule has 1 heterocycles. The van der Waals surface area contributed by atoms with Gasteiger partial charge in [-0.1, -0.05) is 36.4 Å². The maximum Gasteiger partial charge on any atom is 0.342 e. The summed E-state index contributed by atoms with van der Waals surface area (Å²) in [6.45, 7) is 2.77. The van der Waals surface area contributed by atoms with Crippen molar-refractivity contribution in [3.05, 3.63) is 66.2 Å². The van der Waals surface area contributed by atoms with Crippen LogP contribution in [0.4, 0.5) is 11.4 Å². The average molecular weight is 418 g/mol. The second-order valence-electron chi connectivity index (χ2n) is 7.74. The van der Waals surface area contributed by atoms with Gasteiger partial charge in [0.05, 0.1) is 18.5 Å². The van der Waals surface area contributed by atoms with Gasteiger partial charge < -0.3 is 14.8 Å². The summed E-state index contributed by atoms with van der Waals surface area (Å²) in [5.41, 5.74) is 0.169. The van der Waals surface area contributed by atoms with Crippen LogP contribution < -0.4 is 15.0 Å². The molecule has 3 aromatic carbocycles. The van der Waals surface area contributed by atoms with Gasteiger partial charge in [0.2, 0.25) is 5.91 Å². The Morgan fingerprint density at radius 3 is 2.35 bits per heavy atom. The third-order valence-electron chi connectivity index (χ3n) is 5.37. The smallest absolute Gasteiger partial charge is 0.342 e. The van der Waals surface area contributed by atoms with Gasteiger partial charge in [0.15, 0.2) is 6.61 Å². The van der Waals surface area contributed by atoms with E-state index in [0.717, 1.165) is 10.8 Å². The van der Waals surface area contributed by atoms with E-state index in [9.17, 15) is 14.4 Å². The summed E-state index contributed by atoms with van der Waals surface area (Å²) >= 11 is 0. The highest BCUT2D eigenvalue weighted by molar-refractivity contribution is 6.14. The molecule has 0 saturated heterocycles. The van der Waals surface area contributed by atoms with E-state index in [2.05, 4.69) is 5.32 Å². The lowest BCUT2D eigenvalue weighted by atomic mass is 9.96. The first-order valence-corrected chi connectivity index (χ1v) is 9.80. The highest BCUT2D eigenvalue weighted by Crippen LogP contribution is 2.36. The largest absolute Gasteiger partial charge is 0.496 e. The number of para-hydroxylation sites is 2. The fourth-order valence-corrected chi connectivity index (χ4v) is 3.72. The van der Waals surface area contributed by atoms with Gasteiger partial charge >= 0.3 is 5.97 Å². The molecule has 0 saturated carbocycles. The Morgan fingerprint density at radius 2 is 1.65 bits per heavy atom. The van der Waals surface area contributed by atoms with Gasteiger partial charge in [0.25, 0.3) is 5.91 Å². The number of ether oxygens (including phenoxy) is 2. The van der Waals surface area contributed by atoms with E-state index >= 15 is 0 Å². The lowest BCUT2D eigenvalue weighted by molar-refractivity contribution is -0.128. The predicted molar refractivity (Wildman–Crippen MR) is 117 cm³/mol. The van der Waals surface area contributed by atoms with Gasteiger partial charge in [-0.25, -0.2) is 4.79 Å². The zero-order chi connectivity index (χ0) is 22.2. The van der Waals surface area contributed by atoms with E-state index in [1.54, 1.807) is 50.2 Å². The summed E-state index contributed by atoms with van der Waals surface area (Å²) in [6.07, 6.45) is 0. The molecule has 3 aromatic rings. The van der Waals surface area contributed by atoms with Crippen molar-refractivity contribution in [2.75, 3.05) is 23.9 Å². The Morgan fingerprint density at radius 1 is 1.00 bits per heavy atom. The van der Waals surface area contributed by atoms with Crippen LogP contribution in [-0.4, -0.2) is 37.0 Å². The quantitative estimate of drug-likeness (QED) is 0.652. The molecule has 1 aliphatic heterocycles. The second kappa shape index (κ2) is 7.75. The van der Waals surface area contributed by atoms with Crippen LogP contribution in [0.1, 0.15) is 24.2 Å². The van der Waals surface area contributed by atoms with Crippen LogP contribution in [0, 0.1) is 0 Å². The Hall–Kier alpha value is -3.87. The highest BCUT2D eigenvalue weighted by atomic mass is 16.5. The van der Waals surface area contributed by atoms with Crippen LogP contribution in [0.5, 0.6) is 5.75 Å². The van der Waals surface area contributed by atoms with Crippen molar-refractivity contribution in [3.8, 4) is 5.75 Å². The molecular formula is C24H22N2O5. The first kappa shape index (κ1) is 20.4. The lowest BCUT2D eigenvalue weighted by Gasteiger charge is -2.41. The number of hydrogen-bond acceptors (Lipinski definition) is 5. The summed E-state index contributed by atoms with van der Waals surface area (Å²) in [5, 5.41) is 4.57. The third-order valence-corrected chi connectivity index (χ3v) is 5.37. The number of nitrogens with one attached hydrogen (secondary N) is 1. The molecule has 0 aliphatic carbocycles. The number of carbonyl (C=O) groups is 3. The van der Waals surface area contributed by atoms with Crippen LogP contribution in [0.3, 0.4) is 0 Å². The molecule has 1 aliphatic rings. The van der Waals surface area contributed by atoms with Crippen LogP contribution in [0.2, 0.25) is 0 Å². The summed E-state index contributed by atoms with van der Waals surface area (Å²) < 4.78 is 10.7. The topological polar surface area (TPSA) is 84.9 Å². The van der Waals surface area contributed by atoms with E-state index < -0.39 is 24.0 Å². The van der Waals surface area contributed by atoms with Crippen molar-refractivity contribution >= 4 is 39.9 Å². The molecule has 0 spiro atoms. The number of fused-ring (bicyclic) bond motifs is 2. The highest BCUT2D eigenvalue weighted by Gasteiger charge is 2.43. The second-order valence-corrected chi connectivity index (χ2v) is 7.74. The number of anilines is 2. The molecule has 7 heteroatoms. The number of amides is 2. The Kier molecular flexibility index (Phi) is 5.10. The van der Waals surface area contributed by atoms with Crippen molar-refractivity contribution in [2.24, 2.45) is 0 Å². The van der Waals surface area contributed by atoms with Crippen LogP contribution >= 0.6 is 0 Å². The van der Waals surface area contributed by atoms with E-state index in [-0.39, 0.29) is 11.5 Å². The van der Waals surface area contributed by atoms with Gasteiger partial charge in [-0.2, -0.15) is 0 Å². The van der Waals surface area contributed by atoms with Crippen molar-refractivity contribution in [3.63, 3.8) is 0 Å². The van der Waals surface area contributed by atoms with Gasteiger partial charge in [0, 0.05) is 0 Å². The van der Waals surface area contributed by atoms with Crippen molar-refractivity contribution < 1.29 is 23.9 Å². The molecule has 0 aromatic heterocycles. The van der Waals surface area contributed by atoms with E-state index in [0.29, 0.717) is 17.1 Å². The van der Waals surface area contributed by atoms with Gasteiger partial charge in [-0.15, -0.1) is 0 Å². The van der Waals surface area contributed by atoms with E-state index in [4.69, 9.17) is 9.47 Å². The van der Waals surface area contributed by atoms with Crippen molar-refractivity contribution in [1.29, 1.82) is 0 Å². The monoisotopic (exact) mass is 418 g/mol. The summed E-state index contributed by atoms with van der Waals surface area (Å²) in [4.78, 5) is 39.7. The Bertz CT molecular complexity index is 1200. The lowest BCUT2D eigenvalue weighted by Crippen LogP contribution is -2.59. The number of benzene rings is 3. The van der Waals surface area contributed by atoms with Gasteiger partial charge in [-0.3, -0.25) is 14.5 Å². The van der Waals surface area contributed by atoms with Crippen molar-refractivity contribution in [2.45, 2.75) is 19.4 Å². The number of carbonyl (C=O) groups excluding carboxylic acids is 3. The molecule has 0 unspecified atom stereocenters. The molecule has 158 valence electrons. The first-order valence-electron chi connectivity index (χ1n) is 9.80. The van der Waals surface area contributed by atoms with Crippen LogP contribution in [0.15, 0.2) is 60.7 Å². The van der Waals surface area contributed by atoms with E-state index in [1.165, 1.54) is 12.0 Å². The SMILES string of the molecule is COc1cc2ccccc2cc1C(=O)OCC(=O)N1c2ccccc2NC(=O)C1(C)C. The molecule has 0 atom stereocenters. The maximum absolute atomic E-state index is 13.1. The summed E-state index contributed by atoms with van der Waals surface area (Å²) in [6, 6.07) is 18.0. The van der Waals surface area contributed by atoms with Crippen molar-refractivity contribution in [1.82, 2.24) is 0 Å². The van der Waals surface area contributed by atoms with Gasteiger partial charge in [-0.05, 0) is 48.9 Å². The molecule has 0 fully saturated rings. The number of nitrogens with zero attached hydrogens (tertiary/aromatic N) is 1.